The minimum Gasteiger partial charge on any atom is -0.342 e. The Morgan fingerprint density at radius 3 is 2.39 bits per heavy atom. The molecule has 0 fully saturated rings. The van der Waals surface area contributed by atoms with Gasteiger partial charge in [-0.15, -0.1) is 0 Å². The van der Waals surface area contributed by atoms with E-state index in [1.807, 2.05) is 24.4 Å². The zero-order valence-electron chi connectivity index (χ0n) is 13.6. The van der Waals surface area contributed by atoms with E-state index in [9.17, 15) is 4.79 Å². The monoisotopic (exact) mass is 325 g/mol. The van der Waals surface area contributed by atoms with Crippen LogP contribution in [0.4, 0.5) is 0 Å². The second-order valence-corrected chi connectivity index (χ2v) is 7.38. The Hall–Kier alpha value is -2.06. The van der Waals surface area contributed by atoms with E-state index in [0.29, 0.717) is 10.6 Å². The predicted molar refractivity (Wildman–Crippen MR) is 96.6 cm³/mol. The van der Waals surface area contributed by atoms with Crippen LogP contribution in [-0.2, 0) is 12.0 Å². The maximum Gasteiger partial charge on any atom is 0.152 e. The fraction of sp³-hybridized carbons (Fsp3) is 0.250. The molecule has 0 bridgehead atoms. The number of halogens is 1. The van der Waals surface area contributed by atoms with Gasteiger partial charge < -0.3 is 4.57 Å². The molecule has 1 aromatic heterocycles. The third kappa shape index (κ3) is 3.18. The van der Waals surface area contributed by atoms with Gasteiger partial charge in [0.15, 0.2) is 6.29 Å². The Balaban J connectivity index is 1.97. The molecule has 0 aliphatic rings. The average Bonchev–Trinajstić information content (AvgIpc) is 2.84. The molecule has 3 rings (SSSR count). The molecule has 0 atom stereocenters. The van der Waals surface area contributed by atoms with Gasteiger partial charge >= 0.3 is 0 Å². The van der Waals surface area contributed by atoms with Crippen LogP contribution >= 0.6 is 11.6 Å². The first-order valence-electron chi connectivity index (χ1n) is 7.71. The number of aromatic nitrogens is 1. The van der Waals surface area contributed by atoms with Gasteiger partial charge in [0.25, 0.3) is 0 Å². The van der Waals surface area contributed by atoms with Gasteiger partial charge in [-0.2, -0.15) is 0 Å². The molecule has 3 aromatic rings. The first-order chi connectivity index (χ1) is 10.9. The lowest BCUT2D eigenvalue weighted by molar-refractivity contribution is 0.112. The van der Waals surface area contributed by atoms with Crippen LogP contribution in [0, 0.1) is 0 Å². The summed E-state index contributed by atoms with van der Waals surface area (Å²) >= 11 is 6.05. The summed E-state index contributed by atoms with van der Waals surface area (Å²) in [5.41, 5.74) is 4.38. The Bertz CT molecular complexity index is 854. The Morgan fingerprint density at radius 1 is 1.09 bits per heavy atom. The summed E-state index contributed by atoms with van der Waals surface area (Å²) in [6, 6.07) is 14.3. The van der Waals surface area contributed by atoms with Gasteiger partial charge in [0, 0.05) is 34.2 Å². The van der Waals surface area contributed by atoms with Crippen molar-refractivity contribution in [1.82, 2.24) is 4.57 Å². The van der Waals surface area contributed by atoms with Crippen molar-refractivity contribution >= 4 is 28.8 Å². The number of carbonyl (C=O) groups is 1. The minimum atomic E-state index is 0.153. The van der Waals surface area contributed by atoms with Gasteiger partial charge in [-0.1, -0.05) is 56.6 Å². The van der Waals surface area contributed by atoms with Crippen LogP contribution in [0.15, 0.2) is 48.7 Å². The zero-order valence-corrected chi connectivity index (χ0v) is 14.4. The van der Waals surface area contributed by atoms with Crippen LogP contribution in [0.2, 0.25) is 5.02 Å². The summed E-state index contributed by atoms with van der Waals surface area (Å²) in [6.07, 6.45) is 2.78. The molecule has 0 unspecified atom stereocenters. The van der Waals surface area contributed by atoms with Crippen molar-refractivity contribution in [1.29, 1.82) is 0 Å². The van der Waals surface area contributed by atoms with Crippen molar-refractivity contribution < 1.29 is 4.79 Å². The van der Waals surface area contributed by atoms with Gasteiger partial charge in [-0.3, -0.25) is 4.79 Å². The van der Waals surface area contributed by atoms with E-state index in [1.165, 1.54) is 11.1 Å². The summed E-state index contributed by atoms with van der Waals surface area (Å²) < 4.78 is 2.10. The molecule has 0 aliphatic heterocycles. The summed E-state index contributed by atoms with van der Waals surface area (Å²) in [5, 5.41) is 1.55. The molecule has 23 heavy (non-hydrogen) atoms. The second kappa shape index (κ2) is 5.86. The van der Waals surface area contributed by atoms with Crippen LogP contribution in [0.3, 0.4) is 0 Å². The third-order valence-corrected chi connectivity index (χ3v) is 4.41. The minimum absolute atomic E-state index is 0.153. The molecule has 0 saturated heterocycles. The highest BCUT2D eigenvalue weighted by molar-refractivity contribution is 6.31. The smallest absolute Gasteiger partial charge is 0.152 e. The van der Waals surface area contributed by atoms with Crippen molar-refractivity contribution in [3.8, 4) is 0 Å². The van der Waals surface area contributed by atoms with Gasteiger partial charge in [0.05, 0.1) is 0 Å². The molecule has 0 N–H and O–H groups in total. The van der Waals surface area contributed by atoms with E-state index >= 15 is 0 Å². The number of carbonyl (C=O) groups excluding carboxylic acids is 1. The fourth-order valence-corrected chi connectivity index (χ4v) is 3.00. The highest BCUT2D eigenvalue weighted by atomic mass is 35.5. The van der Waals surface area contributed by atoms with Gasteiger partial charge in [0.1, 0.15) is 0 Å². The van der Waals surface area contributed by atoms with Crippen LogP contribution in [-0.4, -0.2) is 10.9 Å². The molecule has 2 nitrogen and oxygen atoms in total. The lowest BCUT2D eigenvalue weighted by atomic mass is 9.87. The summed E-state index contributed by atoms with van der Waals surface area (Å²) in [4.78, 5) is 11.3. The molecule has 0 saturated carbocycles. The molecule has 3 heteroatoms. The topological polar surface area (TPSA) is 22.0 Å². The fourth-order valence-electron chi connectivity index (χ4n) is 2.83. The molecule has 0 aliphatic carbocycles. The number of benzene rings is 2. The second-order valence-electron chi connectivity index (χ2n) is 6.94. The van der Waals surface area contributed by atoms with E-state index in [4.69, 9.17) is 11.6 Å². The van der Waals surface area contributed by atoms with Crippen molar-refractivity contribution in [3.63, 3.8) is 0 Å². The van der Waals surface area contributed by atoms with E-state index in [2.05, 4.69) is 49.6 Å². The third-order valence-electron chi connectivity index (χ3n) is 4.17. The van der Waals surface area contributed by atoms with Crippen molar-refractivity contribution in [2.45, 2.75) is 32.7 Å². The maximum absolute atomic E-state index is 11.3. The van der Waals surface area contributed by atoms with Crippen molar-refractivity contribution in [3.05, 3.63) is 70.4 Å². The van der Waals surface area contributed by atoms with Crippen LogP contribution in [0.1, 0.15) is 42.3 Å². The lowest BCUT2D eigenvalue weighted by Crippen LogP contribution is -2.10. The number of nitrogens with zero attached hydrogens (tertiary/aromatic N) is 1. The van der Waals surface area contributed by atoms with Crippen LogP contribution < -0.4 is 0 Å². The van der Waals surface area contributed by atoms with E-state index in [1.54, 1.807) is 0 Å². The molecular weight excluding hydrogens is 306 g/mol. The lowest BCUT2D eigenvalue weighted by Gasteiger charge is -2.19. The van der Waals surface area contributed by atoms with Gasteiger partial charge in [-0.25, -0.2) is 0 Å². The average molecular weight is 326 g/mol. The zero-order chi connectivity index (χ0) is 16.6. The number of hydrogen-bond acceptors (Lipinski definition) is 1. The Kier molecular flexibility index (Phi) is 4.03. The maximum atomic E-state index is 11.3. The van der Waals surface area contributed by atoms with E-state index in [-0.39, 0.29) is 5.41 Å². The largest absolute Gasteiger partial charge is 0.342 e. The first-order valence-corrected chi connectivity index (χ1v) is 8.09. The summed E-state index contributed by atoms with van der Waals surface area (Å²) in [5.74, 6) is 0. The molecule has 0 radical (unpaired) electrons. The number of fused-ring (bicyclic) bond motifs is 1. The van der Waals surface area contributed by atoms with Gasteiger partial charge in [0.2, 0.25) is 0 Å². The summed E-state index contributed by atoms with van der Waals surface area (Å²) in [7, 11) is 0. The molecular formula is C20H20ClNO. The Morgan fingerprint density at radius 2 is 1.78 bits per heavy atom. The summed E-state index contributed by atoms with van der Waals surface area (Å²) in [6.45, 7) is 7.36. The quantitative estimate of drug-likeness (QED) is 0.587. The van der Waals surface area contributed by atoms with Crippen LogP contribution in [0.5, 0.6) is 0 Å². The van der Waals surface area contributed by atoms with E-state index < -0.39 is 0 Å². The SMILES string of the molecule is CC(C)(C)c1ccc(Cn2cc(C=O)c3cc(Cl)ccc32)cc1. The molecule has 118 valence electrons. The van der Waals surface area contributed by atoms with Crippen LogP contribution in [0.25, 0.3) is 10.9 Å². The van der Waals surface area contributed by atoms with Crippen molar-refractivity contribution in [2.75, 3.05) is 0 Å². The number of aldehydes is 1. The standard InChI is InChI=1S/C20H20ClNO/c1-20(2,3)16-6-4-14(5-7-16)11-22-12-15(13-23)18-10-17(21)8-9-19(18)22/h4-10,12-13H,11H2,1-3H3. The highest BCUT2D eigenvalue weighted by Crippen LogP contribution is 2.26. The molecule has 0 spiro atoms. The Labute approximate surface area is 141 Å². The molecule has 1 heterocycles. The number of rotatable bonds is 3. The number of hydrogen-bond donors (Lipinski definition) is 0. The van der Waals surface area contributed by atoms with Gasteiger partial charge in [-0.05, 0) is 34.7 Å². The first kappa shape index (κ1) is 15.8. The van der Waals surface area contributed by atoms with E-state index in [0.717, 1.165) is 23.7 Å². The predicted octanol–water partition coefficient (Wildman–Crippen LogP) is 5.45. The highest BCUT2D eigenvalue weighted by Gasteiger charge is 2.13. The molecule has 0 amide bonds. The molecule has 2 aromatic carbocycles. The van der Waals surface area contributed by atoms with Crippen molar-refractivity contribution in [2.24, 2.45) is 0 Å². The normalized spacial score (nSPS) is 11.8.